The Labute approximate surface area is 127 Å². The van der Waals surface area contributed by atoms with Gasteiger partial charge in [-0.2, -0.15) is 0 Å². The second-order valence-electron chi connectivity index (χ2n) is 6.04. The molecule has 1 N–H and O–H groups in total. The van der Waals surface area contributed by atoms with Crippen LogP contribution in [0.25, 0.3) is 0 Å². The SMILES string of the molecule is CCCNC1CCC(N(C)C(=O)c2ncccc2C)CC1. The Morgan fingerprint density at radius 2 is 2.10 bits per heavy atom. The third-order valence-corrected chi connectivity index (χ3v) is 4.46. The van der Waals surface area contributed by atoms with E-state index in [-0.39, 0.29) is 5.91 Å². The Bertz CT molecular complexity index is 467. The van der Waals surface area contributed by atoms with Gasteiger partial charge in [-0.05, 0) is 57.2 Å². The number of nitrogens with one attached hydrogen (secondary N) is 1. The van der Waals surface area contributed by atoms with E-state index in [1.54, 1.807) is 6.20 Å². The lowest BCUT2D eigenvalue weighted by Crippen LogP contribution is -2.43. The molecule has 1 saturated carbocycles. The van der Waals surface area contributed by atoms with Crippen molar-refractivity contribution in [2.45, 2.75) is 58.0 Å². The fraction of sp³-hybridized carbons (Fsp3) is 0.647. The highest BCUT2D eigenvalue weighted by molar-refractivity contribution is 5.93. The third-order valence-electron chi connectivity index (χ3n) is 4.46. The molecule has 21 heavy (non-hydrogen) atoms. The summed E-state index contributed by atoms with van der Waals surface area (Å²) in [6.45, 7) is 5.23. The number of carbonyl (C=O) groups is 1. The van der Waals surface area contributed by atoms with Gasteiger partial charge < -0.3 is 10.2 Å². The van der Waals surface area contributed by atoms with Crippen LogP contribution in [0.5, 0.6) is 0 Å². The largest absolute Gasteiger partial charge is 0.337 e. The Kier molecular flexibility index (Phi) is 5.74. The van der Waals surface area contributed by atoms with E-state index in [1.807, 2.05) is 31.0 Å². The molecule has 4 nitrogen and oxygen atoms in total. The number of rotatable bonds is 5. The van der Waals surface area contributed by atoms with E-state index in [1.165, 1.54) is 6.42 Å². The first-order valence-electron chi connectivity index (χ1n) is 8.05. The Hall–Kier alpha value is -1.42. The molecule has 1 aliphatic carbocycles. The lowest BCUT2D eigenvalue weighted by Gasteiger charge is -2.35. The number of hydrogen-bond acceptors (Lipinski definition) is 3. The van der Waals surface area contributed by atoms with Crippen molar-refractivity contribution in [3.05, 3.63) is 29.6 Å². The first kappa shape index (κ1) is 16.0. The summed E-state index contributed by atoms with van der Waals surface area (Å²) < 4.78 is 0. The standard InChI is InChI=1S/C17H27N3O/c1-4-11-18-14-7-9-15(10-8-14)20(3)17(21)16-13(2)6-5-12-19-16/h5-6,12,14-15,18H,4,7-11H2,1-3H3. The first-order valence-corrected chi connectivity index (χ1v) is 8.05. The molecule has 0 atom stereocenters. The Balaban J connectivity index is 1.91. The topological polar surface area (TPSA) is 45.2 Å². The van der Waals surface area contributed by atoms with Gasteiger partial charge in [0.1, 0.15) is 5.69 Å². The molecule has 0 unspecified atom stereocenters. The maximum absolute atomic E-state index is 12.6. The summed E-state index contributed by atoms with van der Waals surface area (Å²) in [7, 11) is 1.92. The lowest BCUT2D eigenvalue weighted by atomic mass is 9.90. The van der Waals surface area contributed by atoms with Crippen LogP contribution < -0.4 is 5.32 Å². The number of nitrogens with zero attached hydrogens (tertiary/aromatic N) is 2. The lowest BCUT2D eigenvalue weighted by molar-refractivity contribution is 0.0677. The highest BCUT2D eigenvalue weighted by Gasteiger charge is 2.27. The van der Waals surface area contributed by atoms with Crippen molar-refractivity contribution in [2.24, 2.45) is 0 Å². The zero-order valence-corrected chi connectivity index (χ0v) is 13.4. The van der Waals surface area contributed by atoms with Gasteiger partial charge in [0, 0.05) is 25.3 Å². The summed E-state index contributed by atoms with van der Waals surface area (Å²) in [5.41, 5.74) is 1.54. The molecule has 1 aliphatic rings. The molecule has 1 heterocycles. The smallest absolute Gasteiger partial charge is 0.272 e. The van der Waals surface area contributed by atoms with Gasteiger partial charge in [0.25, 0.3) is 5.91 Å². The fourth-order valence-corrected chi connectivity index (χ4v) is 3.06. The molecule has 1 amide bonds. The van der Waals surface area contributed by atoms with Crippen molar-refractivity contribution in [3.63, 3.8) is 0 Å². The van der Waals surface area contributed by atoms with Gasteiger partial charge in [-0.25, -0.2) is 0 Å². The Morgan fingerprint density at radius 1 is 1.38 bits per heavy atom. The summed E-state index contributed by atoms with van der Waals surface area (Å²) in [5.74, 6) is 0.0538. The van der Waals surface area contributed by atoms with Gasteiger partial charge in [-0.1, -0.05) is 13.0 Å². The van der Waals surface area contributed by atoms with Crippen molar-refractivity contribution < 1.29 is 4.79 Å². The molecule has 1 aromatic heterocycles. The maximum atomic E-state index is 12.6. The van der Waals surface area contributed by atoms with E-state index in [4.69, 9.17) is 0 Å². The highest BCUT2D eigenvalue weighted by atomic mass is 16.2. The average Bonchev–Trinajstić information content (AvgIpc) is 2.52. The molecule has 0 bridgehead atoms. The molecule has 1 fully saturated rings. The van der Waals surface area contributed by atoms with Crippen LogP contribution in [0.15, 0.2) is 18.3 Å². The van der Waals surface area contributed by atoms with Gasteiger partial charge in [0.15, 0.2) is 0 Å². The minimum Gasteiger partial charge on any atom is -0.337 e. The van der Waals surface area contributed by atoms with E-state index < -0.39 is 0 Å². The summed E-state index contributed by atoms with van der Waals surface area (Å²) in [4.78, 5) is 18.7. The summed E-state index contributed by atoms with van der Waals surface area (Å²) in [6, 6.07) is 4.79. The van der Waals surface area contributed by atoms with Crippen molar-refractivity contribution >= 4 is 5.91 Å². The van der Waals surface area contributed by atoms with Crippen LogP contribution in [0.1, 0.15) is 55.1 Å². The van der Waals surface area contributed by atoms with Gasteiger partial charge in [0.2, 0.25) is 0 Å². The van der Waals surface area contributed by atoms with Crippen LogP contribution in [0.4, 0.5) is 0 Å². The molecular formula is C17H27N3O. The number of hydrogen-bond donors (Lipinski definition) is 1. The molecule has 1 aromatic rings. The third kappa shape index (κ3) is 4.03. The van der Waals surface area contributed by atoms with Gasteiger partial charge in [0.05, 0.1) is 0 Å². The highest BCUT2D eigenvalue weighted by Crippen LogP contribution is 2.23. The first-order chi connectivity index (χ1) is 10.1. The van der Waals surface area contributed by atoms with E-state index in [0.717, 1.165) is 37.8 Å². The number of carbonyl (C=O) groups excluding carboxylic acids is 1. The van der Waals surface area contributed by atoms with Crippen LogP contribution >= 0.6 is 0 Å². The van der Waals surface area contributed by atoms with Gasteiger partial charge >= 0.3 is 0 Å². The van der Waals surface area contributed by atoms with E-state index >= 15 is 0 Å². The molecule has 4 heteroatoms. The minimum atomic E-state index is 0.0538. The number of aromatic nitrogens is 1. The molecule has 0 saturated heterocycles. The van der Waals surface area contributed by atoms with E-state index in [2.05, 4.69) is 17.2 Å². The van der Waals surface area contributed by atoms with Gasteiger partial charge in [-0.15, -0.1) is 0 Å². The van der Waals surface area contributed by atoms with Crippen LogP contribution in [0.3, 0.4) is 0 Å². The van der Waals surface area contributed by atoms with Crippen LogP contribution in [0, 0.1) is 6.92 Å². The summed E-state index contributed by atoms with van der Waals surface area (Å²) in [6.07, 6.45) is 7.34. The number of pyridine rings is 1. The monoisotopic (exact) mass is 289 g/mol. The molecule has 116 valence electrons. The predicted molar refractivity (Wildman–Crippen MR) is 85.4 cm³/mol. The quantitative estimate of drug-likeness (QED) is 0.906. The van der Waals surface area contributed by atoms with Crippen LogP contribution in [-0.2, 0) is 0 Å². The second-order valence-corrected chi connectivity index (χ2v) is 6.04. The van der Waals surface area contributed by atoms with Crippen molar-refractivity contribution in [3.8, 4) is 0 Å². The number of aryl methyl sites for hydroxylation is 1. The molecule has 0 spiro atoms. The fourth-order valence-electron chi connectivity index (χ4n) is 3.06. The normalized spacial score (nSPS) is 22.0. The maximum Gasteiger partial charge on any atom is 0.272 e. The van der Waals surface area contributed by atoms with E-state index in [9.17, 15) is 4.79 Å². The van der Waals surface area contributed by atoms with E-state index in [0.29, 0.717) is 17.8 Å². The second kappa shape index (κ2) is 7.55. The molecule has 0 radical (unpaired) electrons. The zero-order chi connectivity index (χ0) is 15.2. The predicted octanol–water partition coefficient (Wildman–Crippen LogP) is 2.77. The molecule has 0 aromatic carbocycles. The molecular weight excluding hydrogens is 262 g/mol. The summed E-state index contributed by atoms with van der Waals surface area (Å²) in [5, 5.41) is 3.58. The molecule has 0 aliphatic heterocycles. The van der Waals surface area contributed by atoms with Crippen LogP contribution in [0.2, 0.25) is 0 Å². The Morgan fingerprint density at radius 3 is 2.71 bits per heavy atom. The molecule has 2 rings (SSSR count). The zero-order valence-electron chi connectivity index (χ0n) is 13.4. The van der Waals surface area contributed by atoms with Crippen LogP contribution in [-0.4, -0.2) is 41.5 Å². The van der Waals surface area contributed by atoms with Crippen molar-refractivity contribution in [1.29, 1.82) is 0 Å². The minimum absolute atomic E-state index is 0.0538. The van der Waals surface area contributed by atoms with Crippen molar-refractivity contribution in [2.75, 3.05) is 13.6 Å². The van der Waals surface area contributed by atoms with Gasteiger partial charge in [-0.3, -0.25) is 9.78 Å². The van der Waals surface area contributed by atoms with Crippen molar-refractivity contribution in [1.82, 2.24) is 15.2 Å². The average molecular weight is 289 g/mol. The summed E-state index contributed by atoms with van der Waals surface area (Å²) >= 11 is 0. The number of amides is 1.